The van der Waals surface area contributed by atoms with E-state index in [0.29, 0.717) is 0 Å². The third-order valence-electron chi connectivity index (χ3n) is 2.01. The molecule has 3 nitrogen and oxygen atoms in total. The van der Waals surface area contributed by atoms with Crippen LogP contribution in [0.2, 0.25) is 0 Å². The molecule has 0 aromatic carbocycles. The Kier molecular flexibility index (Phi) is 8.88. The van der Waals surface area contributed by atoms with Crippen LogP contribution >= 0.6 is 0 Å². The van der Waals surface area contributed by atoms with Crippen LogP contribution in [0.3, 0.4) is 0 Å². The van der Waals surface area contributed by atoms with Crippen molar-refractivity contribution in [3.63, 3.8) is 0 Å². The topological polar surface area (TPSA) is 72.3 Å². The zero-order valence-corrected chi connectivity index (χ0v) is 7.84. The summed E-state index contributed by atoms with van der Waals surface area (Å²) in [7, 11) is 0. The van der Waals surface area contributed by atoms with E-state index in [4.69, 9.17) is 16.6 Å². The molecule has 0 saturated carbocycles. The summed E-state index contributed by atoms with van der Waals surface area (Å²) >= 11 is 0. The van der Waals surface area contributed by atoms with Crippen molar-refractivity contribution in [3.05, 3.63) is 0 Å². The Morgan fingerprint density at radius 3 is 2.17 bits per heavy atom. The Hall–Kier alpha value is -0.120. The van der Waals surface area contributed by atoms with E-state index in [9.17, 15) is 0 Å². The summed E-state index contributed by atoms with van der Waals surface area (Å²) in [5, 5.41) is 8.63. The van der Waals surface area contributed by atoms with Gasteiger partial charge in [-0.15, -0.1) is 0 Å². The van der Waals surface area contributed by atoms with Crippen LogP contribution in [0.1, 0.15) is 38.5 Å². The molecule has 74 valence electrons. The highest BCUT2D eigenvalue weighted by Gasteiger charge is 1.98. The number of unbranched alkanes of at least 4 members (excludes halogenated alkanes) is 4. The number of rotatable bonds is 8. The predicted octanol–water partition coefficient (Wildman–Crippen LogP) is 0.605. The fraction of sp³-hybridized carbons (Fsp3) is 1.00. The van der Waals surface area contributed by atoms with Crippen LogP contribution in [-0.4, -0.2) is 24.3 Å². The molecule has 0 radical (unpaired) electrons. The Morgan fingerprint density at radius 2 is 1.58 bits per heavy atom. The first-order chi connectivity index (χ1) is 5.81. The predicted molar refractivity (Wildman–Crippen MR) is 51.8 cm³/mol. The molecule has 0 aliphatic carbocycles. The van der Waals surface area contributed by atoms with Gasteiger partial charge in [0.2, 0.25) is 0 Å². The summed E-state index contributed by atoms with van der Waals surface area (Å²) in [6.07, 6.45) is 6.89. The van der Waals surface area contributed by atoms with Gasteiger partial charge in [0.05, 0.1) is 6.61 Å². The normalized spacial score (nSPS) is 13.2. The molecule has 1 atom stereocenters. The van der Waals surface area contributed by atoms with Gasteiger partial charge in [0.1, 0.15) is 0 Å². The van der Waals surface area contributed by atoms with Gasteiger partial charge in [0.15, 0.2) is 0 Å². The van der Waals surface area contributed by atoms with Crippen LogP contribution in [0.4, 0.5) is 0 Å². The van der Waals surface area contributed by atoms with Gasteiger partial charge < -0.3 is 16.6 Å². The van der Waals surface area contributed by atoms with E-state index in [2.05, 4.69) is 0 Å². The Bertz CT molecular complexity index is 88.6. The van der Waals surface area contributed by atoms with E-state index in [1.807, 2.05) is 0 Å². The minimum atomic E-state index is -0.0143. The van der Waals surface area contributed by atoms with E-state index in [1.165, 1.54) is 19.3 Å². The Balaban J connectivity index is 2.90. The van der Waals surface area contributed by atoms with Crippen molar-refractivity contribution < 1.29 is 5.11 Å². The molecule has 0 saturated heterocycles. The van der Waals surface area contributed by atoms with Crippen LogP contribution in [0, 0.1) is 0 Å². The summed E-state index contributed by atoms with van der Waals surface area (Å²) in [5.74, 6) is 0. The highest BCUT2D eigenvalue weighted by atomic mass is 16.3. The molecule has 0 rings (SSSR count). The first-order valence-corrected chi connectivity index (χ1v) is 4.87. The van der Waals surface area contributed by atoms with Gasteiger partial charge in [-0.05, 0) is 19.4 Å². The maximum Gasteiger partial charge on any atom is 0.0582 e. The molecule has 0 aromatic rings. The molecule has 3 heteroatoms. The van der Waals surface area contributed by atoms with Crippen LogP contribution in [0.5, 0.6) is 0 Å². The molecule has 0 amide bonds. The van der Waals surface area contributed by atoms with Gasteiger partial charge in [-0.3, -0.25) is 0 Å². The molecule has 12 heavy (non-hydrogen) atoms. The molecule has 0 aliphatic rings. The SMILES string of the molecule is NCCCCCCCC(N)CO. The van der Waals surface area contributed by atoms with E-state index < -0.39 is 0 Å². The van der Waals surface area contributed by atoms with E-state index >= 15 is 0 Å². The average molecular weight is 174 g/mol. The maximum atomic E-state index is 8.63. The zero-order chi connectivity index (χ0) is 9.23. The molecular formula is C9H22N2O. The molecule has 0 aliphatic heterocycles. The molecule has 0 fully saturated rings. The average Bonchev–Trinajstić information content (AvgIpc) is 2.10. The molecule has 0 aromatic heterocycles. The smallest absolute Gasteiger partial charge is 0.0582 e. The van der Waals surface area contributed by atoms with Crippen molar-refractivity contribution in [1.29, 1.82) is 0 Å². The molecule has 5 N–H and O–H groups in total. The molecular weight excluding hydrogens is 152 g/mol. The lowest BCUT2D eigenvalue weighted by molar-refractivity contribution is 0.257. The third-order valence-corrected chi connectivity index (χ3v) is 2.01. The number of hydrogen-bond donors (Lipinski definition) is 3. The van der Waals surface area contributed by atoms with Crippen LogP contribution in [-0.2, 0) is 0 Å². The lowest BCUT2D eigenvalue weighted by atomic mass is 10.1. The standard InChI is InChI=1S/C9H22N2O/c10-7-5-3-1-2-4-6-9(11)8-12/h9,12H,1-8,10-11H2. The number of aliphatic hydroxyl groups is 1. The van der Waals surface area contributed by atoms with Crippen molar-refractivity contribution in [2.24, 2.45) is 11.5 Å². The van der Waals surface area contributed by atoms with Crippen molar-refractivity contribution in [3.8, 4) is 0 Å². The van der Waals surface area contributed by atoms with Gasteiger partial charge in [0, 0.05) is 6.04 Å². The molecule has 0 heterocycles. The lowest BCUT2D eigenvalue weighted by Crippen LogP contribution is -2.23. The number of nitrogens with two attached hydrogens (primary N) is 2. The highest BCUT2D eigenvalue weighted by Crippen LogP contribution is 2.05. The first kappa shape index (κ1) is 11.9. The highest BCUT2D eigenvalue weighted by molar-refractivity contribution is 4.58. The fourth-order valence-corrected chi connectivity index (χ4v) is 1.17. The largest absolute Gasteiger partial charge is 0.395 e. The fourth-order valence-electron chi connectivity index (χ4n) is 1.17. The summed E-state index contributed by atoms with van der Waals surface area (Å²) in [6.45, 7) is 0.916. The van der Waals surface area contributed by atoms with Crippen molar-refractivity contribution >= 4 is 0 Å². The van der Waals surface area contributed by atoms with Gasteiger partial charge >= 0.3 is 0 Å². The summed E-state index contributed by atoms with van der Waals surface area (Å²) in [5.41, 5.74) is 10.9. The monoisotopic (exact) mass is 174 g/mol. The second-order valence-corrected chi connectivity index (χ2v) is 3.29. The maximum absolute atomic E-state index is 8.63. The Labute approximate surface area is 75.1 Å². The summed E-state index contributed by atoms with van der Waals surface area (Å²) in [6, 6.07) is -0.0143. The number of aliphatic hydroxyl groups excluding tert-OH is 1. The summed E-state index contributed by atoms with van der Waals surface area (Å²) in [4.78, 5) is 0. The lowest BCUT2D eigenvalue weighted by Gasteiger charge is -2.06. The number of hydrogen-bond acceptors (Lipinski definition) is 3. The zero-order valence-electron chi connectivity index (χ0n) is 7.84. The van der Waals surface area contributed by atoms with Gasteiger partial charge in [-0.2, -0.15) is 0 Å². The van der Waals surface area contributed by atoms with E-state index in [-0.39, 0.29) is 12.6 Å². The van der Waals surface area contributed by atoms with Crippen LogP contribution in [0.25, 0.3) is 0 Å². The van der Waals surface area contributed by atoms with E-state index in [0.717, 1.165) is 25.8 Å². The van der Waals surface area contributed by atoms with Gasteiger partial charge in [0.25, 0.3) is 0 Å². The molecule has 0 bridgehead atoms. The molecule has 1 unspecified atom stereocenters. The minimum absolute atomic E-state index is 0.0143. The second-order valence-electron chi connectivity index (χ2n) is 3.29. The quantitative estimate of drug-likeness (QED) is 0.472. The van der Waals surface area contributed by atoms with Crippen molar-refractivity contribution in [2.45, 2.75) is 44.6 Å². The third kappa shape index (κ3) is 7.98. The van der Waals surface area contributed by atoms with Crippen molar-refractivity contribution in [1.82, 2.24) is 0 Å². The van der Waals surface area contributed by atoms with E-state index in [1.54, 1.807) is 0 Å². The minimum Gasteiger partial charge on any atom is -0.395 e. The first-order valence-electron chi connectivity index (χ1n) is 4.87. The van der Waals surface area contributed by atoms with Gasteiger partial charge in [-0.1, -0.05) is 25.7 Å². The second kappa shape index (κ2) is 8.97. The van der Waals surface area contributed by atoms with Gasteiger partial charge in [-0.25, -0.2) is 0 Å². The van der Waals surface area contributed by atoms with Crippen LogP contribution < -0.4 is 11.5 Å². The van der Waals surface area contributed by atoms with Crippen LogP contribution in [0.15, 0.2) is 0 Å². The summed E-state index contributed by atoms with van der Waals surface area (Å²) < 4.78 is 0. The van der Waals surface area contributed by atoms with Crippen molar-refractivity contribution in [2.75, 3.05) is 13.2 Å². The molecule has 0 spiro atoms. The Morgan fingerprint density at radius 1 is 1.00 bits per heavy atom.